The van der Waals surface area contributed by atoms with Gasteiger partial charge in [0.25, 0.3) is 0 Å². The van der Waals surface area contributed by atoms with Crippen LogP contribution in [0.4, 0.5) is 10.8 Å². The highest BCUT2D eigenvalue weighted by Crippen LogP contribution is 2.24. The number of benzene rings is 1. The van der Waals surface area contributed by atoms with Crippen LogP contribution in [0.2, 0.25) is 0 Å². The third-order valence-corrected chi connectivity index (χ3v) is 4.69. The summed E-state index contributed by atoms with van der Waals surface area (Å²) in [5.74, 6) is 0.0539. The molecule has 2 aromatic rings. The van der Waals surface area contributed by atoms with Crippen molar-refractivity contribution in [2.75, 3.05) is 23.3 Å². The Hall–Kier alpha value is -2.25. The molecule has 2 N–H and O–H groups in total. The summed E-state index contributed by atoms with van der Waals surface area (Å²) in [5.41, 5.74) is 1.98. The van der Waals surface area contributed by atoms with E-state index in [1.165, 1.54) is 11.3 Å². The fourth-order valence-electron chi connectivity index (χ4n) is 2.70. The molecule has 0 unspecified atom stereocenters. The van der Waals surface area contributed by atoms with E-state index in [0.29, 0.717) is 11.6 Å². The Labute approximate surface area is 144 Å². The molecule has 0 radical (unpaired) electrons. The Kier molecular flexibility index (Phi) is 5.22. The minimum atomic E-state index is -0.123. The lowest BCUT2D eigenvalue weighted by Gasteiger charge is -2.19. The predicted octanol–water partition coefficient (Wildman–Crippen LogP) is 2.56. The smallest absolute Gasteiger partial charge is 0.240 e. The van der Waals surface area contributed by atoms with E-state index in [1.807, 2.05) is 41.5 Å². The largest absolute Gasteiger partial charge is 0.312 e. The first-order valence-corrected chi connectivity index (χ1v) is 8.84. The van der Waals surface area contributed by atoms with Gasteiger partial charge in [0.15, 0.2) is 5.13 Å². The number of amides is 2. The van der Waals surface area contributed by atoms with E-state index in [4.69, 9.17) is 0 Å². The zero-order chi connectivity index (χ0) is 16.9. The van der Waals surface area contributed by atoms with E-state index in [-0.39, 0.29) is 24.4 Å². The third-order valence-electron chi connectivity index (χ3n) is 4.00. The maximum atomic E-state index is 11.9. The zero-order valence-electron chi connectivity index (χ0n) is 13.5. The van der Waals surface area contributed by atoms with Gasteiger partial charge in [0.2, 0.25) is 11.8 Å². The quantitative estimate of drug-likeness (QED) is 0.845. The number of thiazole rings is 1. The number of carbonyl (C=O) groups excluding carboxylic acids is 2. The molecule has 1 fully saturated rings. The van der Waals surface area contributed by atoms with E-state index >= 15 is 0 Å². The molecular formula is C17H20N4O2S. The number of nitrogens with one attached hydrogen (secondary N) is 2. The SMILES string of the molecule is C[C@@H](NCC(=O)Nc1nccs1)c1cccc(N2CCCC2=O)c1. The molecule has 0 aliphatic carbocycles. The van der Waals surface area contributed by atoms with Gasteiger partial charge >= 0.3 is 0 Å². The van der Waals surface area contributed by atoms with E-state index in [2.05, 4.69) is 15.6 Å². The molecule has 24 heavy (non-hydrogen) atoms. The van der Waals surface area contributed by atoms with Gasteiger partial charge in [0.05, 0.1) is 6.54 Å². The molecule has 1 aliphatic rings. The highest BCUT2D eigenvalue weighted by molar-refractivity contribution is 7.13. The molecule has 3 rings (SSSR count). The Balaban J connectivity index is 1.57. The Morgan fingerprint density at radius 3 is 3.04 bits per heavy atom. The number of anilines is 2. The topological polar surface area (TPSA) is 74.3 Å². The van der Waals surface area contributed by atoms with Crippen molar-refractivity contribution < 1.29 is 9.59 Å². The molecule has 1 aromatic heterocycles. The van der Waals surface area contributed by atoms with Crippen molar-refractivity contribution in [1.29, 1.82) is 0 Å². The predicted molar refractivity (Wildman–Crippen MR) is 95.2 cm³/mol. The van der Waals surface area contributed by atoms with Crippen molar-refractivity contribution in [2.45, 2.75) is 25.8 Å². The summed E-state index contributed by atoms with van der Waals surface area (Å²) < 4.78 is 0. The molecule has 2 amide bonds. The lowest BCUT2D eigenvalue weighted by molar-refractivity contribution is -0.117. The van der Waals surface area contributed by atoms with Gasteiger partial charge in [-0.3, -0.25) is 9.59 Å². The highest BCUT2D eigenvalue weighted by Gasteiger charge is 2.22. The lowest BCUT2D eigenvalue weighted by atomic mass is 10.1. The summed E-state index contributed by atoms with van der Waals surface area (Å²) in [6.07, 6.45) is 3.18. The van der Waals surface area contributed by atoms with Crippen molar-refractivity contribution in [3.05, 3.63) is 41.4 Å². The molecule has 1 aliphatic heterocycles. The van der Waals surface area contributed by atoms with E-state index in [9.17, 15) is 9.59 Å². The normalized spacial score (nSPS) is 15.5. The summed E-state index contributed by atoms with van der Waals surface area (Å²) >= 11 is 1.39. The maximum Gasteiger partial charge on any atom is 0.240 e. The van der Waals surface area contributed by atoms with Gasteiger partial charge in [-0.25, -0.2) is 4.98 Å². The Bertz CT molecular complexity index is 717. The van der Waals surface area contributed by atoms with Crippen LogP contribution in [0.25, 0.3) is 0 Å². The number of rotatable bonds is 6. The van der Waals surface area contributed by atoms with Crippen molar-refractivity contribution in [3.63, 3.8) is 0 Å². The molecule has 7 heteroatoms. The summed E-state index contributed by atoms with van der Waals surface area (Å²) in [6.45, 7) is 2.98. The fourth-order valence-corrected chi connectivity index (χ4v) is 3.24. The number of carbonyl (C=O) groups is 2. The first-order valence-electron chi connectivity index (χ1n) is 7.96. The first-order chi connectivity index (χ1) is 11.6. The van der Waals surface area contributed by atoms with Crippen LogP contribution in [0, 0.1) is 0 Å². The van der Waals surface area contributed by atoms with Crippen molar-refractivity contribution in [2.24, 2.45) is 0 Å². The van der Waals surface area contributed by atoms with Crippen LogP contribution >= 0.6 is 11.3 Å². The molecule has 0 bridgehead atoms. The number of aromatic nitrogens is 1. The molecule has 2 heterocycles. The van der Waals surface area contributed by atoms with Crippen molar-refractivity contribution >= 4 is 34.0 Å². The summed E-state index contributed by atoms with van der Waals surface area (Å²) in [7, 11) is 0. The van der Waals surface area contributed by atoms with Crippen LogP contribution in [0.1, 0.15) is 31.4 Å². The van der Waals surface area contributed by atoms with Crippen molar-refractivity contribution in [3.8, 4) is 0 Å². The molecule has 6 nitrogen and oxygen atoms in total. The second-order valence-electron chi connectivity index (χ2n) is 5.73. The van der Waals surface area contributed by atoms with Crippen LogP contribution < -0.4 is 15.5 Å². The molecule has 126 valence electrons. The fraction of sp³-hybridized carbons (Fsp3) is 0.353. The third kappa shape index (κ3) is 3.98. The van der Waals surface area contributed by atoms with Crippen LogP contribution in [0.15, 0.2) is 35.8 Å². The summed E-state index contributed by atoms with van der Waals surface area (Å²) in [5, 5.41) is 8.36. The zero-order valence-corrected chi connectivity index (χ0v) is 14.3. The van der Waals surface area contributed by atoms with Crippen LogP contribution in [0.3, 0.4) is 0 Å². The molecule has 0 saturated carbocycles. The van der Waals surface area contributed by atoms with Crippen LogP contribution in [0.5, 0.6) is 0 Å². The molecular weight excluding hydrogens is 324 g/mol. The van der Waals surface area contributed by atoms with Gasteiger partial charge in [0, 0.05) is 36.3 Å². The minimum absolute atomic E-state index is 0.00435. The molecule has 0 spiro atoms. The maximum absolute atomic E-state index is 11.9. The average molecular weight is 344 g/mol. The molecule has 1 saturated heterocycles. The Morgan fingerprint density at radius 2 is 2.33 bits per heavy atom. The highest BCUT2D eigenvalue weighted by atomic mass is 32.1. The van der Waals surface area contributed by atoms with Crippen molar-refractivity contribution in [1.82, 2.24) is 10.3 Å². The van der Waals surface area contributed by atoms with E-state index in [1.54, 1.807) is 6.20 Å². The number of nitrogens with zero attached hydrogens (tertiary/aromatic N) is 2. The minimum Gasteiger partial charge on any atom is -0.312 e. The lowest BCUT2D eigenvalue weighted by Crippen LogP contribution is -2.30. The van der Waals surface area contributed by atoms with Gasteiger partial charge in [-0.1, -0.05) is 12.1 Å². The second kappa shape index (κ2) is 7.55. The second-order valence-corrected chi connectivity index (χ2v) is 6.63. The van der Waals surface area contributed by atoms with Gasteiger partial charge in [0.1, 0.15) is 0 Å². The Morgan fingerprint density at radius 1 is 1.46 bits per heavy atom. The summed E-state index contributed by atoms with van der Waals surface area (Å²) in [6, 6.07) is 7.92. The van der Waals surface area contributed by atoms with Gasteiger partial charge in [-0.15, -0.1) is 11.3 Å². The van der Waals surface area contributed by atoms with E-state index in [0.717, 1.165) is 24.2 Å². The molecule has 1 aromatic carbocycles. The molecule has 1 atom stereocenters. The number of hydrogen-bond acceptors (Lipinski definition) is 5. The van der Waals surface area contributed by atoms with Crippen LogP contribution in [-0.2, 0) is 9.59 Å². The van der Waals surface area contributed by atoms with E-state index < -0.39 is 0 Å². The van der Waals surface area contributed by atoms with Crippen LogP contribution in [-0.4, -0.2) is 29.9 Å². The monoisotopic (exact) mass is 344 g/mol. The van der Waals surface area contributed by atoms with Gasteiger partial charge in [-0.05, 0) is 31.0 Å². The summed E-state index contributed by atoms with van der Waals surface area (Å²) in [4.78, 5) is 29.6. The van der Waals surface area contributed by atoms with Gasteiger partial charge < -0.3 is 15.5 Å². The number of hydrogen-bond donors (Lipinski definition) is 2. The van der Waals surface area contributed by atoms with Gasteiger partial charge in [-0.2, -0.15) is 0 Å². The first kappa shape index (κ1) is 16.6. The standard InChI is InChI=1S/C17H20N4O2S/c1-12(19-11-15(22)20-17-18-7-9-24-17)13-4-2-5-14(10-13)21-8-3-6-16(21)23/h2,4-5,7,9-10,12,19H,3,6,8,11H2,1H3,(H,18,20,22)/t12-/m1/s1. The average Bonchev–Trinajstić information content (AvgIpc) is 3.24.